The maximum absolute atomic E-state index is 12.4. The zero-order chi connectivity index (χ0) is 16.9. The molecule has 0 unspecified atom stereocenters. The Hall–Kier alpha value is -2.41. The van der Waals surface area contributed by atoms with Gasteiger partial charge in [-0.15, -0.1) is 11.3 Å². The lowest BCUT2D eigenvalue weighted by atomic mass is 10.3. The number of thiazole rings is 1. The summed E-state index contributed by atoms with van der Waals surface area (Å²) >= 11 is 1.41. The fraction of sp³-hybridized carbons (Fsp3) is 0.353. The van der Waals surface area contributed by atoms with Gasteiger partial charge in [0.1, 0.15) is 12.3 Å². The molecule has 1 aliphatic rings. The summed E-state index contributed by atoms with van der Waals surface area (Å²) in [5.74, 6) is 0.237. The van der Waals surface area contributed by atoms with Gasteiger partial charge in [0, 0.05) is 17.1 Å². The van der Waals surface area contributed by atoms with Crippen LogP contribution in [0.15, 0.2) is 36.5 Å². The molecule has 3 rings (SSSR count). The Balaban J connectivity index is 1.54. The largest absolute Gasteiger partial charge is 0.484 e. The van der Waals surface area contributed by atoms with Crippen LogP contribution in [0.1, 0.15) is 17.7 Å². The molecule has 126 valence electrons. The molecule has 2 amide bonds. The second kappa shape index (κ2) is 7.44. The number of hydrogen-bond donors (Lipinski definition) is 1. The highest BCUT2D eigenvalue weighted by Crippen LogP contribution is 2.27. The quantitative estimate of drug-likeness (QED) is 0.837. The molecule has 2 aromatic rings. The van der Waals surface area contributed by atoms with Crippen molar-refractivity contribution in [2.24, 2.45) is 0 Å². The Morgan fingerprint density at radius 1 is 1.33 bits per heavy atom. The number of benzene rings is 1. The zero-order valence-corrected chi connectivity index (χ0v) is 14.2. The summed E-state index contributed by atoms with van der Waals surface area (Å²) in [7, 11) is 0. The Morgan fingerprint density at radius 3 is 2.71 bits per heavy atom. The van der Waals surface area contributed by atoms with Crippen LogP contribution in [-0.4, -0.2) is 40.9 Å². The van der Waals surface area contributed by atoms with Gasteiger partial charge in [-0.1, -0.05) is 18.2 Å². The van der Waals surface area contributed by atoms with E-state index in [0.717, 1.165) is 17.7 Å². The van der Waals surface area contributed by atoms with E-state index in [9.17, 15) is 9.59 Å². The van der Waals surface area contributed by atoms with Gasteiger partial charge in [0.15, 0.2) is 11.7 Å². The number of carbonyl (C=O) groups excluding carboxylic acids is 2. The molecule has 7 heteroatoms. The average Bonchev–Trinajstić information content (AvgIpc) is 3.34. The number of nitrogens with one attached hydrogen (secondary N) is 1. The molecule has 1 aliphatic carbocycles. The summed E-state index contributed by atoms with van der Waals surface area (Å²) in [5, 5.41) is 3.29. The van der Waals surface area contributed by atoms with Gasteiger partial charge in [0.2, 0.25) is 5.91 Å². The molecule has 0 saturated heterocycles. The summed E-state index contributed by atoms with van der Waals surface area (Å²) < 4.78 is 5.50. The number of anilines is 1. The molecule has 6 nitrogen and oxygen atoms in total. The Kier molecular flexibility index (Phi) is 5.10. The first kappa shape index (κ1) is 16.4. The van der Waals surface area contributed by atoms with E-state index in [1.54, 1.807) is 23.2 Å². The van der Waals surface area contributed by atoms with Crippen LogP contribution in [-0.2, 0) is 9.59 Å². The summed E-state index contributed by atoms with van der Waals surface area (Å²) in [6.07, 6.45) is 3.57. The highest BCUT2D eigenvalue weighted by atomic mass is 32.1. The first-order valence-corrected chi connectivity index (χ1v) is 8.63. The minimum Gasteiger partial charge on any atom is -0.484 e. The van der Waals surface area contributed by atoms with Crippen molar-refractivity contribution in [2.75, 3.05) is 18.5 Å². The van der Waals surface area contributed by atoms with Crippen LogP contribution in [0.2, 0.25) is 0 Å². The van der Waals surface area contributed by atoms with E-state index in [4.69, 9.17) is 4.74 Å². The molecular formula is C17H19N3O3S. The number of amides is 2. The molecule has 0 spiro atoms. The molecule has 0 aliphatic heterocycles. The Labute approximate surface area is 144 Å². The SMILES string of the molecule is Cc1cnc(NC(=O)CN(C(=O)COc2ccccc2)C2CC2)s1. The van der Waals surface area contributed by atoms with Crippen LogP contribution >= 0.6 is 11.3 Å². The summed E-state index contributed by atoms with van der Waals surface area (Å²) in [6, 6.07) is 9.32. The van der Waals surface area contributed by atoms with Crippen molar-refractivity contribution in [1.82, 2.24) is 9.88 Å². The summed E-state index contributed by atoms with van der Waals surface area (Å²) in [5.41, 5.74) is 0. The Bertz CT molecular complexity index is 713. The van der Waals surface area contributed by atoms with E-state index < -0.39 is 0 Å². The lowest BCUT2D eigenvalue weighted by Gasteiger charge is -2.21. The smallest absolute Gasteiger partial charge is 0.261 e. The lowest BCUT2D eigenvalue weighted by Crippen LogP contribution is -2.42. The molecule has 24 heavy (non-hydrogen) atoms. The van der Waals surface area contributed by atoms with E-state index in [1.165, 1.54) is 11.3 Å². The van der Waals surface area contributed by atoms with E-state index in [1.807, 2.05) is 25.1 Å². The molecule has 1 aromatic carbocycles. The maximum atomic E-state index is 12.4. The zero-order valence-electron chi connectivity index (χ0n) is 13.4. The highest BCUT2D eigenvalue weighted by molar-refractivity contribution is 7.15. The van der Waals surface area contributed by atoms with E-state index >= 15 is 0 Å². The van der Waals surface area contributed by atoms with Crippen molar-refractivity contribution in [3.8, 4) is 5.75 Å². The van der Waals surface area contributed by atoms with Gasteiger partial charge in [-0.25, -0.2) is 4.98 Å². The second-order valence-corrected chi connectivity index (χ2v) is 6.91. The van der Waals surface area contributed by atoms with Crippen molar-refractivity contribution < 1.29 is 14.3 Å². The van der Waals surface area contributed by atoms with Crippen molar-refractivity contribution in [3.05, 3.63) is 41.4 Å². The monoisotopic (exact) mass is 345 g/mol. The number of carbonyl (C=O) groups is 2. The Morgan fingerprint density at radius 2 is 2.08 bits per heavy atom. The molecule has 0 atom stereocenters. The first-order valence-electron chi connectivity index (χ1n) is 7.81. The fourth-order valence-electron chi connectivity index (χ4n) is 2.28. The predicted molar refractivity (Wildman–Crippen MR) is 92.2 cm³/mol. The van der Waals surface area contributed by atoms with Gasteiger partial charge in [-0.3, -0.25) is 9.59 Å². The van der Waals surface area contributed by atoms with Crippen molar-refractivity contribution in [3.63, 3.8) is 0 Å². The van der Waals surface area contributed by atoms with Crippen molar-refractivity contribution in [1.29, 1.82) is 0 Å². The van der Waals surface area contributed by atoms with Crippen molar-refractivity contribution >= 4 is 28.3 Å². The molecule has 1 N–H and O–H groups in total. The van der Waals surface area contributed by atoms with E-state index in [2.05, 4.69) is 10.3 Å². The number of aryl methyl sites for hydroxylation is 1. The number of rotatable bonds is 7. The number of hydrogen-bond acceptors (Lipinski definition) is 5. The van der Waals surface area contributed by atoms with Crippen molar-refractivity contribution in [2.45, 2.75) is 25.8 Å². The molecule has 0 bridgehead atoms. The van der Waals surface area contributed by atoms with Gasteiger partial charge in [0.05, 0.1) is 0 Å². The molecule has 1 fully saturated rings. The highest BCUT2D eigenvalue weighted by Gasteiger charge is 2.34. The molecule has 0 radical (unpaired) electrons. The summed E-state index contributed by atoms with van der Waals surface area (Å²) in [6.45, 7) is 1.89. The predicted octanol–water partition coefficient (Wildman–Crippen LogP) is 2.46. The van der Waals surface area contributed by atoms with Crippen LogP contribution in [0.4, 0.5) is 5.13 Å². The van der Waals surface area contributed by atoms with Gasteiger partial charge < -0.3 is 15.0 Å². The molecule has 1 aromatic heterocycles. The van der Waals surface area contributed by atoms with Crippen LogP contribution in [0.5, 0.6) is 5.75 Å². The molecular weight excluding hydrogens is 326 g/mol. The molecule has 1 saturated carbocycles. The maximum Gasteiger partial charge on any atom is 0.261 e. The van der Waals surface area contributed by atoms with E-state index in [0.29, 0.717) is 10.9 Å². The summed E-state index contributed by atoms with van der Waals surface area (Å²) in [4.78, 5) is 31.3. The lowest BCUT2D eigenvalue weighted by molar-refractivity contribution is -0.137. The number of ether oxygens (including phenoxy) is 1. The number of nitrogens with zero attached hydrogens (tertiary/aromatic N) is 2. The van der Waals surface area contributed by atoms with E-state index in [-0.39, 0.29) is 31.0 Å². The molecule has 1 heterocycles. The fourth-order valence-corrected chi connectivity index (χ4v) is 2.96. The van der Waals surface area contributed by atoms with Gasteiger partial charge >= 0.3 is 0 Å². The third-order valence-electron chi connectivity index (χ3n) is 3.60. The number of aromatic nitrogens is 1. The topological polar surface area (TPSA) is 71.5 Å². The third kappa shape index (κ3) is 4.55. The van der Waals surface area contributed by atoms with Gasteiger partial charge in [-0.05, 0) is 31.9 Å². The third-order valence-corrected chi connectivity index (χ3v) is 4.42. The van der Waals surface area contributed by atoms with Gasteiger partial charge in [-0.2, -0.15) is 0 Å². The van der Waals surface area contributed by atoms with Crippen LogP contribution in [0, 0.1) is 6.92 Å². The minimum absolute atomic E-state index is 0.0281. The van der Waals surface area contributed by atoms with Crippen LogP contribution in [0.25, 0.3) is 0 Å². The second-order valence-electron chi connectivity index (χ2n) is 5.68. The van der Waals surface area contributed by atoms with Crippen LogP contribution < -0.4 is 10.1 Å². The number of para-hydroxylation sites is 1. The normalized spacial score (nSPS) is 13.4. The van der Waals surface area contributed by atoms with Gasteiger partial charge in [0.25, 0.3) is 5.91 Å². The first-order chi connectivity index (χ1) is 11.6. The van der Waals surface area contributed by atoms with Crippen LogP contribution in [0.3, 0.4) is 0 Å². The average molecular weight is 345 g/mol. The standard InChI is InChI=1S/C17H19N3O3S/c1-12-9-18-17(24-12)19-15(21)10-20(13-7-8-13)16(22)11-23-14-5-3-2-4-6-14/h2-6,9,13H,7-8,10-11H2,1H3,(H,18,19,21). The minimum atomic E-state index is -0.232.